The van der Waals surface area contributed by atoms with Crippen LogP contribution in [0.3, 0.4) is 0 Å². The lowest BCUT2D eigenvalue weighted by Gasteiger charge is -2.23. The second-order valence-corrected chi connectivity index (χ2v) is 6.64. The van der Waals surface area contributed by atoms with Crippen molar-refractivity contribution in [2.75, 3.05) is 13.2 Å². The van der Waals surface area contributed by atoms with Crippen molar-refractivity contribution in [1.29, 1.82) is 0 Å². The van der Waals surface area contributed by atoms with Gasteiger partial charge >= 0.3 is 12.1 Å². The van der Waals surface area contributed by atoms with Crippen molar-refractivity contribution in [1.82, 2.24) is 4.90 Å². The summed E-state index contributed by atoms with van der Waals surface area (Å²) in [6.07, 6.45) is -1.52. The summed E-state index contributed by atoms with van der Waals surface area (Å²) >= 11 is 0. The van der Waals surface area contributed by atoms with Crippen LogP contribution in [0.15, 0.2) is 48.5 Å². The number of carboxylic acids is 1. The minimum atomic E-state index is -1.24. The first kappa shape index (κ1) is 16.6. The van der Waals surface area contributed by atoms with Gasteiger partial charge in [0.25, 0.3) is 0 Å². The molecule has 1 fully saturated rings. The molecule has 2 aliphatic rings. The lowest BCUT2D eigenvalue weighted by Crippen LogP contribution is -2.45. The molecule has 0 spiro atoms. The fourth-order valence-corrected chi connectivity index (χ4v) is 3.96. The van der Waals surface area contributed by atoms with Crippen LogP contribution < -0.4 is 0 Å². The van der Waals surface area contributed by atoms with E-state index in [1.807, 2.05) is 48.5 Å². The van der Waals surface area contributed by atoms with E-state index in [1.54, 1.807) is 0 Å². The fraction of sp³-hybridized carbons (Fsp3) is 0.300. The molecule has 26 heavy (non-hydrogen) atoms. The van der Waals surface area contributed by atoms with E-state index < -0.39 is 24.2 Å². The number of hydrogen-bond acceptors (Lipinski definition) is 4. The van der Waals surface area contributed by atoms with Gasteiger partial charge in [-0.15, -0.1) is 0 Å². The summed E-state index contributed by atoms with van der Waals surface area (Å²) in [5, 5.41) is 19.0. The van der Waals surface area contributed by atoms with Crippen LogP contribution in [0.25, 0.3) is 11.1 Å². The van der Waals surface area contributed by atoms with E-state index in [4.69, 9.17) is 4.74 Å². The molecule has 1 heterocycles. The third-order valence-electron chi connectivity index (χ3n) is 5.19. The van der Waals surface area contributed by atoms with E-state index in [0.29, 0.717) is 0 Å². The maximum atomic E-state index is 12.4. The van der Waals surface area contributed by atoms with Crippen LogP contribution in [0, 0.1) is 0 Å². The van der Waals surface area contributed by atoms with Crippen LogP contribution >= 0.6 is 0 Å². The van der Waals surface area contributed by atoms with Gasteiger partial charge in [-0.2, -0.15) is 0 Å². The van der Waals surface area contributed by atoms with Gasteiger partial charge < -0.3 is 14.9 Å². The van der Waals surface area contributed by atoms with Crippen molar-refractivity contribution in [3.63, 3.8) is 0 Å². The molecule has 0 aromatic heterocycles. The number of likely N-dealkylation sites (tertiary alicyclic amines) is 1. The quantitative estimate of drug-likeness (QED) is 0.885. The number of carboxylic acid groups (broad SMARTS) is 1. The maximum absolute atomic E-state index is 12.4. The minimum Gasteiger partial charge on any atom is -0.480 e. The predicted octanol–water partition coefficient (Wildman–Crippen LogP) is 2.46. The zero-order valence-electron chi connectivity index (χ0n) is 14.0. The lowest BCUT2D eigenvalue weighted by atomic mass is 9.98. The summed E-state index contributed by atoms with van der Waals surface area (Å²) < 4.78 is 5.46. The van der Waals surface area contributed by atoms with E-state index in [1.165, 1.54) is 0 Å². The Hall–Kier alpha value is -2.86. The first-order valence-corrected chi connectivity index (χ1v) is 8.60. The van der Waals surface area contributed by atoms with Gasteiger partial charge in [0.1, 0.15) is 6.61 Å². The lowest BCUT2D eigenvalue weighted by molar-refractivity contribution is -0.144. The Bertz CT molecular complexity index is 819. The Morgan fingerprint density at radius 1 is 1.04 bits per heavy atom. The van der Waals surface area contributed by atoms with E-state index in [0.717, 1.165) is 27.2 Å². The molecule has 4 rings (SSSR count). The van der Waals surface area contributed by atoms with E-state index >= 15 is 0 Å². The highest BCUT2D eigenvalue weighted by Gasteiger charge is 2.42. The van der Waals surface area contributed by atoms with Gasteiger partial charge in [0.15, 0.2) is 6.04 Å². The Kier molecular flexibility index (Phi) is 4.12. The number of fused-ring (bicyclic) bond motifs is 3. The Balaban J connectivity index is 1.53. The predicted molar refractivity (Wildman–Crippen MR) is 93.8 cm³/mol. The normalized spacial score (nSPS) is 21.3. The maximum Gasteiger partial charge on any atom is 0.410 e. The van der Waals surface area contributed by atoms with E-state index in [2.05, 4.69) is 0 Å². The summed E-state index contributed by atoms with van der Waals surface area (Å²) in [5.41, 5.74) is 4.45. The molecule has 1 aliphatic carbocycles. The molecule has 0 unspecified atom stereocenters. The van der Waals surface area contributed by atoms with Gasteiger partial charge in [-0.05, 0) is 28.7 Å². The summed E-state index contributed by atoms with van der Waals surface area (Å²) in [6.45, 7) is 0.306. The Morgan fingerprint density at radius 3 is 2.19 bits per heavy atom. The molecular formula is C20H19NO5. The van der Waals surface area contributed by atoms with Crippen LogP contribution in [-0.2, 0) is 9.53 Å². The molecule has 6 heteroatoms. The number of nitrogens with zero attached hydrogens (tertiary/aromatic N) is 1. The summed E-state index contributed by atoms with van der Waals surface area (Å²) in [6, 6.07) is 14.8. The SMILES string of the molecule is O=C(O)[C@@H]1[C@H](O)CCN1C(=O)OCC1c2ccccc2-c2ccccc21. The number of benzene rings is 2. The standard InChI is InChI=1S/C20H19NO5/c22-17-9-10-21(18(17)19(23)24)20(25)26-11-16-14-7-3-1-5-12(14)13-6-2-4-8-15(13)16/h1-8,16-18,22H,9-11H2,(H,23,24)/t17-,18+/m1/s1. The zero-order valence-corrected chi connectivity index (χ0v) is 14.0. The molecule has 2 aromatic carbocycles. The molecule has 1 aliphatic heterocycles. The van der Waals surface area contributed by atoms with Gasteiger partial charge in [-0.25, -0.2) is 9.59 Å². The first-order valence-electron chi connectivity index (χ1n) is 8.60. The van der Waals surface area contributed by atoms with Gasteiger partial charge in [0, 0.05) is 12.5 Å². The zero-order chi connectivity index (χ0) is 18.3. The number of carbonyl (C=O) groups excluding carboxylic acids is 1. The molecule has 2 N–H and O–H groups in total. The fourth-order valence-electron chi connectivity index (χ4n) is 3.96. The second-order valence-electron chi connectivity index (χ2n) is 6.64. The van der Waals surface area contributed by atoms with Crippen molar-refractivity contribution in [3.05, 3.63) is 59.7 Å². The van der Waals surface area contributed by atoms with E-state index in [-0.39, 0.29) is 25.5 Å². The molecular weight excluding hydrogens is 334 g/mol. The molecule has 134 valence electrons. The average Bonchev–Trinajstić information content (AvgIpc) is 3.18. The number of hydrogen-bond donors (Lipinski definition) is 2. The minimum absolute atomic E-state index is 0.0813. The number of rotatable bonds is 3. The second kappa shape index (κ2) is 6.46. The van der Waals surface area contributed by atoms with Crippen molar-refractivity contribution >= 4 is 12.1 Å². The van der Waals surface area contributed by atoms with E-state index in [9.17, 15) is 19.8 Å². The van der Waals surface area contributed by atoms with Crippen molar-refractivity contribution in [2.45, 2.75) is 24.5 Å². The average molecular weight is 353 g/mol. The van der Waals surface area contributed by atoms with Crippen LogP contribution in [-0.4, -0.2) is 52.5 Å². The van der Waals surface area contributed by atoms with Crippen LogP contribution in [0.4, 0.5) is 4.79 Å². The highest BCUT2D eigenvalue weighted by atomic mass is 16.6. The number of carbonyl (C=O) groups is 2. The third kappa shape index (κ3) is 2.63. The Morgan fingerprint density at radius 2 is 1.62 bits per heavy atom. The summed E-state index contributed by atoms with van der Waals surface area (Å²) in [7, 11) is 0. The molecule has 1 amide bonds. The molecule has 0 bridgehead atoms. The number of aliphatic hydroxyl groups excluding tert-OH is 1. The number of aliphatic hydroxyl groups is 1. The van der Waals surface area contributed by atoms with Crippen LogP contribution in [0.2, 0.25) is 0 Å². The van der Waals surface area contributed by atoms with Gasteiger partial charge in [-0.3, -0.25) is 4.90 Å². The largest absolute Gasteiger partial charge is 0.480 e. The smallest absolute Gasteiger partial charge is 0.410 e. The van der Waals surface area contributed by atoms with Gasteiger partial charge in [0.2, 0.25) is 0 Å². The number of ether oxygens (including phenoxy) is 1. The Labute approximate surface area is 150 Å². The third-order valence-corrected chi connectivity index (χ3v) is 5.19. The van der Waals surface area contributed by atoms with Crippen molar-refractivity contribution in [2.24, 2.45) is 0 Å². The molecule has 2 aromatic rings. The molecule has 6 nitrogen and oxygen atoms in total. The number of aliphatic carboxylic acids is 1. The highest BCUT2D eigenvalue weighted by Crippen LogP contribution is 2.44. The summed E-state index contributed by atoms with van der Waals surface area (Å²) in [5.74, 6) is -1.30. The molecule has 1 saturated heterocycles. The van der Waals surface area contributed by atoms with Gasteiger partial charge in [-0.1, -0.05) is 48.5 Å². The highest BCUT2D eigenvalue weighted by molar-refractivity contribution is 5.82. The van der Waals surface area contributed by atoms with Gasteiger partial charge in [0.05, 0.1) is 6.10 Å². The first-order chi connectivity index (χ1) is 12.6. The van der Waals surface area contributed by atoms with Crippen molar-refractivity contribution < 1.29 is 24.5 Å². The topological polar surface area (TPSA) is 87.1 Å². The monoisotopic (exact) mass is 353 g/mol. The molecule has 0 saturated carbocycles. The van der Waals surface area contributed by atoms with Crippen molar-refractivity contribution in [3.8, 4) is 11.1 Å². The van der Waals surface area contributed by atoms with Crippen LogP contribution in [0.1, 0.15) is 23.5 Å². The summed E-state index contributed by atoms with van der Waals surface area (Å²) in [4.78, 5) is 24.8. The van der Waals surface area contributed by atoms with Crippen LogP contribution in [0.5, 0.6) is 0 Å². The molecule has 0 radical (unpaired) electrons. The number of amides is 1. The molecule has 2 atom stereocenters.